The molecule has 0 aliphatic carbocycles. The third-order valence-corrected chi connectivity index (χ3v) is 4.02. The number of benzene rings is 2. The molecule has 2 unspecified atom stereocenters. The molecule has 0 radical (unpaired) electrons. The van der Waals surface area contributed by atoms with Crippen molar-refractivity contribution in [3.05, 3.63) is 63.2 Å². The van der Waals surface area contributed by atoms with Crippen LogP contribution in [0.5, 0.6) is 5.75 Å². The number of ether oxygens (including phenoxy) is 2. The standard InChI is InChI=1S/C19H16ClN3O6/c1-11(18(24)22-17-8-5-14(23(26)27)9-16(17)20)29-19(25)12(2)28-15-6-3-13(10-21)4-7-15/h3-9,11-12H,1-2H3,(H,22,24). The van der Waals surface area contributed by atoms with E-state index in [1.54, 1.807) is 0 Å². The first kappa shape index (κ1) is 21.7. The van der Waals surface area contributed by atoms with Crippen LogP contribution in [-0.2, 0) is 14.3 Å². The zero-order valence-corrected chi connectivity index (χ0v) is 16.2. The maximum absolute atomic E-state index is 12.2. The molecule has 0 saturated heterocycles. The van der Waals surface area contributed by atoms with Crippen molar-refractivity contribution >= 4 is 34.9 Å². The van der Waals surface area contributed by atoms with Crippen LogP contribution in [0.25, 0.3) is 0 Å². The van der Waals surface area contributed by atoms with E-state index < -0.39 is 29.0 Å². The molecule has 0 heterocycles. The predicted octanol–water partition coefficient (Wildman–Crippen LogP) is 3.46. The summed E-state index contributed by atoms with van der Waals surface area (Å²) in [7, 11) is 0. The fourth-order valence-corrected chi connectivity index (χ4v) is 2.36. The second-order valence-electron chi connectivity index (χ2n) is 5.89. The Morgan fingerprint density at radius 1 is 1.17 bits per heavy atom. The quantitative estimate of drug-likeness (QED) is 0.414. The summed E-state index contributed by atoms with van der Waals surface area (Å²) in [5.41, 5.74) is 0.371. The van der Waals surface area contributed by atoms with Crippen molar-refractivity contribution < 1.29 is 24.0 Å². The Morgan fingerprint density at radius 3 is 2.38 bits per heavy atom. The van der Waals surface area contributed by atoms with Crippen molar-refractivity contribution in [2.75, 3.05) is 5.32 Å². The number of carbonyl (C=O) groups is 2. The first-order valence-electron chi connectivity index (χ1n) is 8.33. The van der Waals surface area contributed by atoms with Gasteiger partial charge < -0.3 is 14.8 Å². The Balaban J connectivity index is 1.93. The molecule has 29 heavy (non-hydrogen) atoms. The van der Waals surface area contributed by atoms with Gasteiger partial charge in [0.15, 0.2) is 12.2 Å². The van der Waals surface area contributed by atoms with Gasteiger partial charge in [-0.3, -0.25) is 14.9 Å². The van der Waals surface area contributed by atoms with Crippen LogP contribution >= 0.6 is 11.6 Å². The number of nitro groups is 1. The first-order valence-corrected chi connectivity index (χ1v) is 8.71. The number of nitrogens with zero attached hydrogens (tertiary/aromatic N) is 2. The number of anilines is 1. The van der Waals surface area contributed by atoms with Crippen LogP contribution in [0.3, 0.4) is 0 Å². The zero-order chi connectivity index (χ0) is 21.6. The summed E-state index contributed by atoms with van der Waals surface area (Å²) < 4.78 is 10.5. The molecule has 150 valence electrons. The van der Waals surface area contributed by atoms with Crippen molar-refractivity contribution in [3.63, 3.8) is 0 Å². The van der Waals surface area contributed by atoms with Gasteiger partial charge in [0.2, 0.25) is 0 Å². The zero-order valence-electron chi connectivity index (χ0n) is 15.4. The van der Waals surface area contributed by atoms with E-state index in [9.17, 15) is 19.7 Å². The second kappa shape index (κ2) is 9.52. The van der Waals surface area contributed by atoms with Crippen molar-refractivity contribution in [1.29, 1.82) is 5.26 Å². The lowest BCUT2D eigenvalue weighted by Crippen LogP contribution is -2.35. The highest BCUT2D eigenvalue weighted by Crippen LogP contribution is 2.26. The van der Waals surface area contributed by atoms with Crippen LogP contribution < -0.4 is 10.1 Å². The van der Waals surface area contributed by atoms with Gasteiger partial charge in [0.25, 0.3) is 11.6 Å². The van der Waals surface area contributed by atoms with Crippen molar-refractivity contribution in [2.24, 2.45) is 0 Å². The molecule has 0 spiro atoms. The number of non-ortho nitro benzene ring substituents is 1. The van der Waals surface area contributed by atoms with E-state index in [4.69, 9.17) is 26.3 Å². The number of hydrogen-bond acceptors (Lipinski definition) is 7. The molecule has 2 aromatic rings. The number of nitro benzene ring substituents is 1. The van der Waals surface area contributed by atoms with Gasteiger partial charge in [-0.2, -0.15) is 5.26 Å². The molecule has 0 aromatic heterocycles. The van der Waals surface area contributed by atoms with E-state index in [2.05, 4.69) is 5.32 Å². The lowest BCUT2D eigenvalue weighted by Gasteiger charge is -2.18. The maximum atomic E-state index is 12.2. The van der Waals surface area contributed by atoms with Gasteiger partial charge in [-0.15, -0.1) is 0 Å². The summed E-state index contributed by atoms with van der Waals surface area (Å²) in [5, 5.41) is 21.9. The molecule has 2 atom stereocenters. The SMILES string of the molecule is CC(OC(=O)C(C)Oc1ccc(C#N)cc1)C(=O)Nc1ccc([N+](=O)[O-])cc1Cl. The van der Waals surface area contributed by atoms with Crippen LogP contribution in [0.1, 0.15) is 19.4 Å². The molecule has 0 aliphatic rings. The van der Waals surface area contributed by atoms with Crippen LogP contribution in [0, 0.1) is 21.4 Å². The van der Waals surface area contributed by atoms with Gasteiger partial charge in [-0.1, -0.05) is 11.6 Å². The number of rotatable bonds is 7. The average Bonchev–Trinajstić information content (AvgIpc) is 2.69. The molecule has 0 saturated carbocycles. The van der Waals surface area contributed by atoms with Crippen LogP contribution in [0.2, 0.25) is 5.02 Å². The van der Waals surface area contributed by atoms with Gasteiger partial charge in [0, 0.05) is 12.1 Å². The van der Waals surface area contributed by atoms with Crippen molar-refractivity contribution in [2.45, 2.75) is 26.1 Å². The lowest BCUT2D eigenvalue weighted by molar-refractivity contribution is -0.384. The molecule has 2 rings (SSSR count). The number of halogens is 1. The third kappa shape index (κ3) is 5.92. The number of carbonyl (C=O) groups excluding carboxylic acids is 2. The normalized spacial score (nSPS) is 12.2. The molecular formula is C19H16ClN3O6. The molecule has 0 fully saturated rings. The van der Waals surface area contributed by atoms with Gasteiger partial charge in [-0.05, 0) is 44.2 Å². The Bertz CT molecular complexity index is 971. The van der Waals surface area contributed by atoms with Crippen LogP contribution in [0.15, 0.2) is 42.5 Å². The second-order valence-corrected chi connectivity index (χ2v) is 6.29. The van der Waals surface area contributed by atoms with Crippen molar-refractivity contribution in [3.8, 4) is 11.8 Å². The Morgan fingerprint density at radius 2 is 1.83 bits per heavy atom. The number of nitrogens with one attached hydrogen (secondary N) is 1. The van der Waals surface area contributed by atoms with Gasteiger partial charge in [0.1, 0.15) is 5.75 Å². The summed E-state index contributed by atoms with van der Waals surface area (Å²) in [5.74, 6) is -1.07. The highest BCUT2D eigenvalue weighted by atomic mass is 35.5. The summed E-state index contributed by atoms with van der Waals surface area (Å²) >= 11 is 5.92. The summed E-state index contributed by atoms with van der Waals surface area (Å²) in [6.07, 6.45) is -2.16. The monoisotopic (exact) mass is 417 g/mol. The number of amides is 1. The molecule has 1 N–H and O–H groups in total. The van der Waals surface area contributed by atoms with E-state index >= 15 is 0 Å². The van der Waals surface area contributed by atoms with E-state index in [1.165, 1.54) is 50.2 Å². The number of nitriles is 1. The number of hydrogen-bond donors (Lipinski definition) is 1. The van der Waals surface area contributed by atoms with Gasteiger partial charge >= 0.3 is 5.97 Å². The average molecular weight is 418 g/mol. The minimum atomic E-state index is -1.17. The minimum absolute atomic E-state index is 0.0245. The summed E-state index contributed by atoms with van der Waals surface area (Å²) in [6, 6.07) is 11.7. The molecule has 9 nitrogen and oxygen atoms in total. The van der Waals surface area contributed by atoms with Gasteiger partial charge in [0.05, 0.1) is 27.3 Å². The first-order chi connectivity index (χ1) is 13.7. The third-order valence-electron chi connectivity index (χ3n) is 3.71. The number of esters is 1. The van der Waals surface area contributed by atoms with E-state index in [0.717, 1.165) is 6.07 Å². The Labute approximate surface area is 170 Å². The van der Waals surface area contributed by atoms with Crippen LogP contribution in [0.4, 0.5) is 11.4 Å². The molecule has 10 heteroatoms. The smallest absolute Gasteiger partial charge is 0.347 e. The molecular weight excluding hydrogens is 402 g/mol. The van der Waals surface area contributed by atoms with E-state index in [-0.39, 0.29) is 16.4 Å². The minimum Gasteiger partial charge on any atom is -0.479 e. The van der Waals surface area contributed by atoms with Crippen LogP contribution in [-0.4, -0.2) is 29.0 Å². The molecule has 2 aromatic carbocycles. The molecule has 0 bridgehead atoms. The fraction of sp³-hybridized carbons (Fsp3) is 0.211. The highest BCUT2D eigenvalue weighted by molar-refractivity contribution is 6.34. The molecule has 0 aliphatic heterocycles. The highest BCUT2D eigenvalue weighted by Gasteiger charge is 2.24. The lowest BCUT2D eigenvalue weighted by atomic mass is 10.2. The topological polar surface area (TPSA) is 132 Å². The van der Waals surface area contributed by atoms with E-state index in [0.29, 0.717) is 11.3 Å². The maximum Gasteiger partial charge on any atom is 0.347 e. The largest absolute Gasteiger partial charge is 0.479 e. The van der Waals surface area contributed by atoms with E-state index in [1.807, 2.05) is 6.07 Å². The van der Waals surface area contributed by atoms with Gasteiger partial charge in [-0.25, -0.2) is 4.79 Å². The van der Waals surface area contributed by atoms with Crippen molar-refractivity contribution in [1.82, 2.24) is 0 Å². The summed E-state index contributed by atoms with van der Waals surface area (Å²) in [4.78, 5) is 34.5. The predicted molar refractivity (Wildman–Crippen MR) is 104 cm³/mol. The molecule has 1 amide bonds. The fourth-order valence-electron chi connectivity index (χ4n) is 2.14. The Hall–Kier alpha value is -3.64. The Kier molecular flexibility index (Phi) is 7.11. The summed E-state index contributed by atoms with van der Waals surface area (Å²) in [6.45, 7) is 2.82.